The number of rotatable bonds is 3. The minimum Gasteiger partial charge on any atom is -0.309 e. The van der Waals surface area contributed by atoms with Gasteiger partial charge in [0.15, 0.2) is 0 Å². The van der Waals surface area contributed by atoms with Crippen LogP contribution < -0.4 is 5.32 Å². The van der Waals surface area contributed by atoms with E-state index < -0.39 is 0 Å². The van der Waals surface area contributed by atoms with Crippen LogP contribution in [0.3, 0.4) is 0 Å². The van der Waals surface area contributed by atoms with Crippen molar-refractivity contribution in [3.05, 3.63) is 41.5 Å². The van der Waals surface area contributed by atoms with Gasteiger partial charge in [-0.05, 0) is 38.8 Å². The molecule has 0 saturated heterocycles. The van der Waals surface area contributed by atoms with Gasteiger partial charge in [0.25, 0.3) is 0 Å². The van der Waals surface area contributed by atoms with Crippen molar-refractivity contribution in [3.8, 4) is 0 Å². The van der Waals surface area contributed by atoms with Crippen molar-refractivity contribution >= 4 is 6.08 Å². The van der Waals surface area contributed by atoms with Crippen LogP contribution in [0.5, 0.6) is 0 Å². The average Bonchev–Trinajstić information content (AvgIpc) is 2.13. The molecule has 0 aromatic heterocycles. The minimum atomic E-state index is 0.191. The van der Waals surface area contributed by atoms with Gasteiger partial charge in [-0.15, -0.1) is 0 Å². The van der Waals surface area contributed by atoms with Gasteiger partial charge in [0, 0.05) is 12.1 Å². The topological polar surface area (TPSA) is 12.0 Å². The number of benzene rings is 1. The fourth-order valence-electron chi connectivity index (χ4n) is 1.32. The van der Waals surface area contributed by atoms with E-state index in [1.807, 2.05) is 0 Å². The lowest BCUT2D eigenvalue weighted by molar-refractivity contribution is 0.450. The molecule has 0 aliphatic rings. The smallest absolute Gasteiger partial charge is 0.0143 e. The van der Waals surface area contributed by atoms with Crippen molar-refractivity contribution in [2.45, 2.75) is 33.2 Å². The van der Waals surface area contributed by atoms with E-state index in [0.29, 0.717) is 0 Å². The Balaban J connectivity index is 2.49. The molecule has 0 atom stereocenters. The van der Waals surface area contributed by atoms with Crippen LogP contribution in [-0.2, 0) is 0 Å². The van der Waals surface area contributed by atoms with Gasteiger partial charge in [-0.25, -0.2) is 0 Å². The highest BCUT2D eigenvalue weighted by Crippen LogP contribution is 2.08. The molecule has 0 aliphatic heterocycles. The molecule has 15 heavy (non-hydrogen) atoms. The number of nitrogens with one attached hydrogen (secondary N) is 1. The zero-order chi connectivity index (χ0) is 11.3. The SMILES string of the molecule is Cc1ccccc1C=CCNC(C)(C)C. The molecule has 0 bridgehead atoms. The lowest BCUT2D eigenvalue weighted by atomic mass is 10.1. The summed E-state index contributed by atoms with van der Waals surface area (Å²) >= 11 is 0. The van der Waals surface area contributed by atoms with Gasteiger partial charge < -0.3 is 5.32 Å². The van der Waals surface area contributed by atoms with E-state index in [0.717, 1.165) is 6.54 Å². The lowest BCUT2D eigenvalue weighted by Crippen LogP contribution is -2.35. The number of hydrogen-bond acceptors (Lipinski definition) is 1. The monoisotopic (exact) mass is 203 g/mol. The number of aryl methyl sites for hydroxylation is 1. The summed E-state index contributed by atoms with van der Waals surface area (Å²) in [6.45, 7) is 9.58. The van der Waals surface area contributed by atoms with Crippen LogP contribution in [0.4, 0.5) is 0 Å². The van der Waals surface area contributed by atoms with Crippen LogP contribution in [0, 0.1) is 6.92 Å². The van der Waals surface area contributed by atoms with Crippen molar-refractivity contribution in [3.63, 3.8) is 0 Å². The van der Waals surface area contributed by atoms with Gasteiger partial charge in [0.1, 0.15) is 0 Å². The van der Waals surface area contributed by atoms with Crippen molar-refractivity contribution in [2.24, 2.45) is 0 Å². The zero-order valence-corrected chi connectivity index (χ0v) is 10.2. The Bertz CT molecular complexity index is 331. The maximum Gasteiger partial charge on any atom is 0.0143 e. The fourth-order valence-corrected chi connectivity index (χ4v) is 1.32. The van der Waals surface area contributed by atoms with Crippen LogP contribution in [0.15, 0.2) is 30.3 Å². The molecule has 82 valence electrons. The van der Waals surface area contributed by atoms with E-state index in [1.165, 1.54) is 11.1 Å². The first-order valence-corrected chi connectivity index (χ1v) is 5.46. The molecular weight excluding hydrogens is 182 g/mol. The predicted molar refractivity (Wildman–Crippen MR) is 68.0 cm³/mol. The molecule has 0 fully saturated rings. The maximum absolute atomic E-state index is 3.42. The van der Waals surface area contributed by atoms with E-state index in [2.05, 4.69) is 69.4 Å². The highest BCUT2D eigenvalue weighted by Gasteiger charge is 2.05. The fraction of sp³-hybridized carbons (Fsp3) is 0.429. The van der Waals surface area contributed by atoms with E-state index >= 15 is 0 Å². The molecule has 1 rings (SSSR count). The normalized spacial score (nSPS) is 12.3. The van der Waals surface area contributed by atoms with Crippen molar-refractivity contribution in [1.82, 2.24) is 5.32 Å². The maximum atomic E-state index is 3.42. The second kappa shape index (κ2) is 5.13. The second-order valence-corrected chi connectivity index (χ2v) is 4.89. The van der Waals surface area contributed by atoms with Crippen LogP contribution in [0.2, 0.25) is 0 Å². The van der Waals surface area contributed by atoms with Gasteiger partial charge in [0.05, 0.1) is 0 Å². The molecule has 1 nitrogen and oxygen atoms in total. The van der Waals surface area contributed by atoms with Crippen LogP contribution in [0.1, 0.15) is 31.9 Å². The molecular formula is C14H21N. The van der Waals surface area contributed by atoms with Gasteiger partial charge in [-0.2, -0.15) is 0 Å². The first kappa shape index (κ1) is 12.0. The van der Waals surface area contributed by atoms with Crippen molar-refractivity contribution in [2.75, 3.05) is 6.54 Å². The summed E-state index contributed by atoms with van der Waals surface area (Å²) < 4.78 is 0. The van der Waals surface area contributed by atoms with Crippen molar-refractivity contribution < 1.29 is 0 Å². The molecule has 1 aromatic carbocycles. The highest BCUT2D eigenvalue weighted by molar-refractivity contribution is 5.53. The van der Waals surface area contributed by atoms with Gasteiger partial charge in [-0.1, -0.05) is 36.4 Å². The van der Waals surface area contributed by atoms with Gasteiger partial charge in [-0.3, -0.25) is 0 Å². The Hall–Kier alpha value is -1.08. The molecule has 0 radical (unpaired) electrons. The summed E-state index contributed by atoms with van der Waals surface area (Å²) in [7, 11) is 0. The summed E-state index contributed by atoms with van der Waals surface area (Å²) in [5.41, 5.74) is 2.81. The Morgan fingerprint density at radius 2 is 1.87 bits per heavy atom. The van der Waals surface area contributed by atoms with Crippen molar-refractivity contribution in [1.29, 1.82) is 0 Å². The van der Waals surface area contributed by atoms with Crippen LogP contribution in [0.25, 0.3) is 6.08 Å². The second-order valence-electron chi connectivity index (χ2n) is 4.89. The summed E-state index contributed by atoms with van der Waals surface area (Å²) in [5.74, 6) is 0. The molecule has 1 aromatic rings. The first-order valence-electron chi connectivity index (χ1n) is 5.46. The Morgan fingerprint density at radius 3 is 2.47 bits per heavy atom. The molecule has 0 amide bonds. The van der Waals surface area contributed by atoms with Crippen LogP contribution >= 0.6 is 0 Å². The zero-order valence-electron chi connectivity index (χ0n) is 10.2. The quantitative estimate of drug-likeness (QED) is 0.794. The predicted octanol–water partition coefficient (Wildman–Crippen LogP) is 3.40. The van der Waals surface area contributed by atoms with E-state index in [4.69, 9.17) is 0 Å². The minimum absolute atomic E-state index is 0.191. The Kier molecular flexibility index (Phi) is 4.10. The Morgan fingerprint density at radius 1 is 1.20 bits per heavy atom. The molecule has 0 saturated carbocycles. The summed E-state index contributed by atoms with van der Waals surface area (Å²) in [6, 6.07) is 8.42. The standard InChI is InChI=1S/C14H21N/c1-12-8-5-6-9-13(12)10-7-11-15-14(2,3)4/h5-10,15H,11H2,1-4H3. The average molecular weight is 203 g/mol. The largest absolute Gasteiger partial charge is 0.309 e. The first-order chi connectivity index (χ1) is 6.99. The molecule has 0 heterocycles. The van der Waals surface area contributed by atoms with Crippen LogP contribution in [-0.4, -0.2) is 12.1 Å². The molecule has 0 unspecified atom stereocenters. The third-order valence-corrected chi connectivity index (χ3v) is 2.24. The van der Waals surface area contributed by atoms with Gasteiger partial charge in [0.2, 0.25) is 0 Å². The lowest BCUT2D eigenvalue weighted by Gasteiger charge is -2.18. The third-order valence-electron chi connectivity index (χ3n) is 2.24. The number of hydrogen-bond donors (Lipinski definition) is 1. The summed E-state index contributed by atoms with van der Waals surface area (Å²) in [5, 5.41) is 3.42. The third kappa shape index (κ3) is 4.80. The molecule has 1 N–H and O–H groups in total. The summed E-state index contributed by atoms with van der Waals surface area (Å²) in [6.07, 6.45) is 4.35. The van der Waals surface area contributed by atoms with E-state index in [-0.39, 0.29) is 5.54 Å². The van der Waals surface area contributed by atoms with Gasteiger partial charge >= 0.3 is 0 Å². The van der Waals surface area contributed by atoms with E-state index in [1.54, 1.807) is 0 Å². The Labute approximate surface area is 93.2 Å². The summed E-state index contributed by atoms with van der Waals surface area (Å²) in [4.78, 5) is 0. The van der Waals surface area contributed by atoms with E-state index in [9.17, 15) is 0 Å². The molecule has 0 aliphatic carbocycles. The molecule has 1 heteroatoms. The molecule has 0 spiro atoms. The highest BCUT2D eigenvalue weighted by atomic mass is 14.9.